The molecule has 150 valence electrons. The van der Waals surface area contributed by atoms with Crippen molar-refractivity contribution < 1.29 is 4.92 Å². The van der Waals surface area contributed by atoms with E-state index in [1.54, 1.807) is 18.2 Å². The number of nitro benzene ring substituents is 1. The maximum atomic E-state index is 10.8. The molecular weight excluding hydrogens is 443 g/mol. The zero-order chi connectivity index (χ0) is 21.1. The van der Waals surface area contributed by atoms with Gasteiger partial charge in [-0.15, -0.1) is 10.2 Å². The highest BCUT2D eigenvalue weighted by Gasteiger charge is 2.17. The number of benzene rings is 3. The quantitative estimate of drug-likeness (QED) is 0.189. The van der Waals surface area contributed by atoms with E-state index in [9.17, 15) is 10.1 Å². The standard InChI is InChI=1S/C21H14Cl2N4O2S/c22-16-6-10-18(11-7-16)26-20(15-2-1-3-17(23)12-15)24-25-21(26)30-13-14-4-8-19(9-5-14)27(28)29/h1-12H,13H2. The van der Waals surface area contributed by atoms with Crippen molar-refractivity contribution in [3.8, 4) is 17.1 Å². The van der Waals surface area contributed by atoms with Gasteiger partial charge in [0, 0.05) is 39.2 Å². The zero-order valence-corrected chi connectivity index (χ0v) is 17.7. The minimum Gasteiger partial charge on any atom is -0.270 e. The van der Waals surface area contributed by atoms with Gasteiger partial charge in [-0.25, -0.2) is 0 Å². The molecule has 0 saturated carbocycles. The number of rotatable bonds is 6. The summed E-state index contributed by atoms with van der Waals surface area (Å²) in [5, 5.41) is 21.5. The second kappa shape index (κ2) is 8.87. The van der Waals surface area contributed by atoms with Crippen LogP contribution in [0.3, 0.4) is 0 Å². The molecule has 0 aliphatic carbocycles. The molecule has 0 amide bonds. The lowest BCUT2D eigenvalue weighted by molar-refractivity contribution is -0.384. The zero-order valence-electron chi connectivity index (χ0n) is 15.4. The summed E-state index contributed by atoms with van der Waals surface area (Å²) in [6, 6.07) is 21.3. The van der Waals surface area contributed by atoms with Crippen molar-refractivity contribution in [2.75, 3.05) is 0 Å². The summed E-state index contributed by atoms with van der Waals surface area (Å²) in [5.74, 6) is 1.24. The molecule has 0 N–H and O–H groups in total. The first-order valence-electron chi connectivity index (χ1n) is 8.85. The third-order valence-corrected chi connectivity index (χ3v) is 5.80. The van der Waals surface area contributed by atoms with Gasteiger partial charge in [-0.1, -0.05) is 59.2 Å². The second-order valence-corrected chi connectivity index (χ2v) is 8.16. The Morgan fingerprint density at radius 3 is 2.33 bits per heavy atom. The molecular formula is C21H14Cl2N4O2S. The molecule has 3 aromatic carbocycles. The van der Waals surface area contributed by atoms with Gasteiger partial charge in [0.15, 0.2) is 11.0 Å². The molecule has 9 heteroatoms. The van der Waals surface area contributed by atoms with Crippen LogP contribution in [0.5, 0.6) is 0 Å². The number of hydrogen-bond donors (Lipinski definition) is 0. The summed E-state index contributed by atoms with van der Waals surface area (Å²) >= 11 is 13.7. The fraction of sp³-hybridized carbons (Fsp3) is 0.0476. The minimum absolute atomic E-state index is 0.0660. The van der Waals surface area contributed by atoms with Gasteiger partial charge in [-0.05, 0) is 42.0 Å². The molecule has 0 atom stereocenters. The maximum absolute atomic E-state index is 10.8. The monoisotopic (exact) mass is 456 g/mol. The molecule has 0 spiro atoms. The highest BCUT2D eigenvalue weighted by molar-refractivity contribution is 7.98. The van der Waals surface area contributed by atoms with Crippen LogP contribution in [-0.2, 0) is 5.75 Å². The highest BCUT2D eigenvalue weighted by Crippen LogP contribution is 2.31. The Labute approximate surface area is 186 Å². The van der Waals surface area contributed by atoms with Crippen LogP contribution < -0.4 is 0 Å². The molecule has 0 fully saturated rings. The molecule has 4 aromatic rings. The van der Waals surface area contributed by atoms with E-state index in [0.29, 0.717) is 26.8 Å². The van der Waals surface area contributed by atoms with Gasteiger partial charge in [0.2, 0.25) is 0 Å². The van der Waals surface area contributed by atoms with Crippen LogP contribution in [0, 0.1) is 10.1 Å². The molecule has 30 heavy (non-hydrogen) atoms. The van der Waals surface area contributed by atoms with E-state index in [-0.39, 0.29) is 5.69 Å². The van der Waals surface area contributed by atoms with Gasteiger partial charge in [-0.2, -0.15) is 0 Å². The Morgan fingerprint density at radius 2 is 1.67 bits per heavy atom. The average molecular weight is 457 g/mol. The van der Waals surface area contributed by atoms with Crippen molar-refractivity contribution in [3.63, 3.8) is 0 Å². The highest BCUT2D eigenvalue weighted by atomic mass is 35.5. The Hall–Kier alpha value is -2.87. The topological polar surface area (TPSA) is 73.8 Å². The van der Waals surface area contributed by atoms with Crippen molar-refractivity contribution in [1.29, 1.82) is 0 Å². The maximum Gasteiger partial charge on any atom is 0.269 e. The smallest absolute Gasteiger partial charge is 0.269 e. The van der Waals surface area contributed by atoms with Crippen molar-refractivity contribution in [3.05, 3.63) is 98.5 Å². The lowest BCUT2D eigenvalue weighted by Gasteiger charge is -2.11. The average Bonchev–Trinajstić information content (AvgIpc) is 3.17. The molecule has 0 aliphatic heterocycles. The van der Waals surface area contributed by atoms with Gasteiger partial charge >= 0.3 is 0 Å². The molecule has 6 nitrogen and oxygen atoms in total. The molecule has 0 aliphatic rings. The number of thioether (sulfide) groups is 1. The van der Waals surface area contributed by atoms with Crippen molar-refractivity contribution >= 4 is 40.7 Å². The largest absolute Gasteiger partial charge is 0.270 e. The first kappa shape index (κ1) is 20.4. The van der Waals surface area contributed by atoms with E-state index >= 15 is 0 Å². The predicted molar refractivity (Wildman–Crippen MR) is 119 cm³/mol. The lowest BCUT2D eigenvalue weighted by atomic mass is 10.2. The summed E-state index contributed by atoms with van der Waals surface area (Å²) in [6.07, 6.45) is 0. The van der Waals surface area contributed by atoms with Crippen LogP contribution in [0.1, 0.15) is 5.56 Å². The summed E-state index contributed by atoms with van der Waals surface area (Å²) < 4.78 is 1.94. The Balaban J connectivity index is 1.69. The third kappa shape index (κ3) is 4.48. The van der Waals surface area contributed by atoms with E-state index in [0.717, 1.165) is 16.8 Å². The van der Waals surface area contributed by atoms with E-state index in [1.807, 2.05) is 47.0 Å². The summed E-state index contributed by atoms with van der Waals surface area (Å²) in [6.45, 7) is 0. The fourth-order valence-electron chi connectivity index (χ4n) is 2.86. The first-order chi connectivity index (χ1) is 14.5. The van der Waals surface area contributed by atoms with Crippen LogP contribution >= 0.6 is 35.0 Å². The van der Waals surface area contributed by atoms with E-state index in [1.165, 1.54) is 23.9 Å². The first-order valence-corrected chi connectivity index (χ1v) is 10.6. The Bertz CT molecular complexity index is 1190. The minimum atomic E-state index is -0.411. The van der Waals surface area contributed by atoms with E-state index < -0.39 is 4.92 Å². The van der Waals surface area contributed by atoms with Gasteiger partial charge in [0.1, 0.15) is 0 Å². The predicted octanol–water partition coefficient (Wildman–Crippen LogP) is 6.44. The number of nitrogens with zero attached hydrogens (tertiary/aromatic N) is 4. The van der Waals surface area contributed by atoms with Crippen LogP contribution in [-0.4, -0.2) is 19.7 Å². The number of nitro groups is 1. The summed E-state index contributed by atoms with van der Waals surface area (Å²) in [5.41, 5.74) is 2.72. The molecule has 4 rings (SSSR count). The number of aromatic nitrogens is 3. The molecule has 1 aromatic heterocycles. The number of halogens is 2. The van der Waals surface area contributed by atoms with Gasteiger partial charge in [-0.3, -0.25) is 14.7 Å². The molecule has 0 saturated heterocycles. The van der Waals surface area contributed by atoms with Crippen LogP contribution in [0.4, 0.5) is 5.69 Å². The van der Waals surface area contributed by atoms with Gasteiger partial charge in [0.05, 0.1) is 4.92 Å². The lowest BCUT2D eigenvalue weighted by Crippen LogP contribution is -1.99. The van der Waals surface area contributed by atoms with Crippen molar-refractivity contribution in [2.45, 2.75) is 10.9 Å². The third-order valence-electron chi connectivity index (χ3n) is 4.32. The second-order valence-electron chi connectivity index (χ2n) is 6.34. The number of non-ortho nitro benzene ring substituents is 1. The van der Waals surface area contributed by atoms with E-state index in [2.05, 4.69) is 10.2 Å². The number of hydrogen-bond acceptors (Lipinski definition) is 5. The van der Waals surface area contributed by atoms with Gasteiger partial charge < -0.3 is 0 Å². The molecule has 0 unspecified atom stereocenters. The van der Waals surface area contributed by atoms with Crippen LogP contribution in [0.2, 0.25) is 10.0 Å². The Morgan fingerprint density at radius 1 is 0.933 bits per heavy atom. The summed E-state index contributed by atoms with van der Waals surface area (Å²) in [4.78, 5) is 10.4. The molecule has 1 heterocycles. The van der Waals surface area contributed by atoms with E-state index in [4.69, 9.17) is 23.2 Å². The normalized spacial score (nSPS) is 10.9. The van der Waals surface area contributed by atoms with Crippen molar-refractivity contribution in [1.82, 2.24) is 14.8 Å². The van der Waals surface area contributed by atoms with Gasteiger partial charge in [0.25, 0.3) is 5.69 Å². The summed E-state index contributed by atoms with van der Waals surface area (Å²) in [7, 11) is 0. The van der Waals surface area contributed by atoms with Crippen LogP contribution in [0.25, 0.3) is 17.1 Å². The SMILES string of the molecule is O=[N+]([O-])c1ccc(CSc2nnc(-c3cccc(Cl)c3)n2-c2ccc(Cl)cc2)cc1. The van der Waals surface area contributed by atoms with Crippen molar-refractivity contribution in [2.24, 2.45) is 0 Å². The molecule has 0 bridgehead atoms. The molecule has 0 radical (unpaired) electrons. The fourth-order valence-corrected chi connectivity index (χ4v) is 4.09. The Kier molecular flexibility index (Phi) is 6.03. The van der Waals surface area contributed by atoms with Crippen LogP contribution in [0.15, 0.2) is 78.0 Å².